The molecule has 2 aromatic rings. The van der Waals surface area contributed by atoms with Crippen LogP contribution in [0.3, 0.4) is 0 Å². The molecule has 0 bridgehead atoms. The van der Waals surface area contributed by atoms with E-state index in [1.165, 1.54) is 11.8 Å². The van der Waals surface area contributed by atoms with E-state index in [-0.39, 0.29) is 5.91 Å². The lowest BCUT2D eigenvalue weighted by Gasteiger charge is -2.14. The molecule has 0 spiro atoms. The number of allylic oxidation sites excluding steroid dienone is 2. The van der Waals surface area contributed by atoms with Gasteiger partial charge in [-0.15, -0.1) is 0 Å². The van der Waals surface area contributed by atoms with Crippen molar-refractivity contribution in [3.63, 3.8) is 0 Å². The van der Waals surface area contributed by atoms with Gasteiger partial charge in [-0.2, -0.15) is 0 Å². The van der Waals surface area contributed by atoms with E-state index in [0.717, 1.165) is 22.6 Å². The predicted molar refractivity (Wildman–Crippen MR) is 109 cm³/mol. The van der Waals surface area contributed by atoms with Gasteiger partial charge in [-0.25, -0.2) is 0 Å². The summed E-state index contributed by atoms with van der Waals surface area (Å²) >= 11 is 6.72. The molecule has 3 rings (SSSR count). The first-order valence-corrected chi connectivity index (χ1v) is 8.96. The molecule has 2 aromatic carbocycles. The van der Waals surface area contributed by atoms with Crippen molar-refractivity contribution >= 4 is 46.0 Å². The highest BCUT2D eigenvalue weighted by molar-refractivity contribution is 8.27. The quantitative estimate of drug-likeness (QED) is 0.559. The lowest BCUT2D eigenvalue weighted by Crippen LogP contribution is -2.27. The smallest absolute Gasteiger partial charge is 0.270 e. The van der Waals surface area contributed by atoms with Crippen molar-refractivity contribution in [1.29, 1.82) is 0 Å². The molecule has 0 radical (unpaired) electrons. The standard InChI is InChI=1S/C20H17NO2S2/c1-14(12-15-6-4-3-5-7-15)13-18-19(22)21(20(24)25-18)16-8-10-17(23-2)11-9-16/h3-13H,1-2H3/b14-12+,18-13+. The van der Waals surface area contributed by atoms with Crippen LogP contribution in [0.4, 0.5) is 5.69 Å². The van der Waals surface area contributed by atoms with Gasteiger partial charge < -0.3 is 4.74 Å². The zero-order valence-corrected chi connectivity index (χ0v) is 15.6. The molecule has 0 unspecified atom stereocenters. The molecule has 25 heavy (non-hydrogen) atoms. The fourth-order valence-corrected chi connectivity index (χ4v) is 3.83. The van der Waals surface area contributed by atoms with Gasteiger partial charge in [0, 0.05) is 0 Å². The van der Waals surface area contributed by atoms with E-state index >= 15 is 0 Å². The van der Waals surface area contributed by atoms with E-state index in [1.807, 2.05) is 73.7 Å². The van der Waals surface area contributed by atoms with Gasteiger partial charge in [0.25, 0.3) is 5.91 Å². The second-order valence-electron chi connectivity index (χ2n) is 5.51. The highest BCUT2D eigenvalue weighted by atomic mass is 32.2. The van der Waals surface area contributed by atoms with E-state index in [2.05, 4.69) is 0 Å². The number of methoxy groups -OCH3 is 1. The highest BCUT2D eigenvalue weighted by Crippen LogP contribution is 2.36. The minimum absolute atomic E-state index is 0.0963. The Hall–Kier alpha value is -2.37. The van der Waals surface area contributed by atoms with Gasteiger partial charge in [-0.05, 0) is 48.4 Å². The SMILES string of the molecule is COc1ccc(N2C(=O)/C(=C\C(C)=C\c3ccccc3)SC2=S)cc1. The Morgan fingerprint density at radius 2 is 1.80 bits per heavy atom. The topological polar surface area (TPSA) is 29.5 Å². The number of carbonyl (C=O) groups excluding carboxylic acids is 1. The van der Waals surface area contributed by atoms with Crippen LogP contribution in [0, 0.1) is 0 Å². The molecular formula is C20H17NO2S2. The Labute approximate surface area is 157 Å². The van der Waals surface area contributed by atoms with E-state index < -0.39 is 0 Å². The third-order valence-corrected chi connectivity index (χ3v) is 4.98. The number of hydrogen-bond donors (Lipinski definition) is 0. The number of anilines is 1. The second-order valence-corrected chi connectivity index (χ2v) is 7.19. The molecule has 5 heteroatoms. The van der Waals surface area contributed by atoms with Crippen LogP contribution in [0.5, 0.6) is 5.75 Å². The van der Waals surface area contributed by atoms with Gasteiger partial charge >= 0.3 is 0 Å². The fraction of sp³-hybridized carbons (Fsp3) is 0.100. The molecule has 0 aliphatic carbocycles. The molecular weight excluding hydrogens is 350 g/mol. The van der Waals surface area contributed by atoms with Gasteiger partial charge in [0.2, 0.25) is 0 Å². The van der Waals surface area contributed by atoms with Crippen molar-refractivity contribution in [2.75, 3.05) is 12.0 Å². The Bertz CT molecular complexity index is 855. The van der Waals surface area contributed by atoms with Crippen molar-refractivity contribution in [1.82, 2.24) is 0 Å². The summed E-state index contributed by atoms with van der Waals surface area (Å²) < 4.78 is 5.69. The molecule has 1 aliphatic heterocycles. The first-order chi connectivity index (χ1) is 12.1. The van der Waals surface area contributed by atoms with Gasteiger partial charge in [-0.1, -0.05) is 60.4 Å². The van der Waals surface area contributed by atoms with Crippen molar-refractivity contribution in [2.24, 2.45) is 0 Å². The molecule has 1 fully saturated rings. The van der Waals surface area contributed by atoms with E-state index in [9.17, 15) is 4.79 Å². The number of amides is 1. The lowest BCUT2D eigenvalue weighted by atomic mass is 10.1. The van der Waals surface area contributed by atoms with Crippen LogP contribution in [0.1, 0.15) is 12.5 Å². The number of ether oxygens (including phenoxy) is 1. The largest absolute Gasteiger partial charge is 0.497 e. The summed E-state index contributed by atoms with van der Waals surface area (Å²) in [6.45, 7) is 1.98. The number of rotatable bonds is 4. The zero-order chi connectivity index (χ0) is 17.8. The maximum Gasteiger partial charge on any atom is 0.270 e. The number of thiocarbonyl (C=S) groups is 1. The predicted octanol–water partition coefficient (Wildman–Crippen LogP) is 5.05. The summed E-state index contributed by atoms with van der Waals surface area (Å²) in [5.74, 6) is 0.646. The average molecular weight is 367 g/mol. The maximum absolute atomic E-state index is 12.7. The molecule has 0 saturated carbocycles. The summed E-state index contributed by atoms with van der Waals surface area (Å²) in [7, 11) is 1.61. The van der Waals surface area contributed by atoms with Crippen molar-refractivity contribution in [2.45, 2.75) is 6.92 Å². The third kappa shape index (κ3) is 4.00. The van der Waals surface area contributed by atoms with Crippen LogP contribution >= 0.6 is 24.0 Å². The zero-order valence-electron chi connectivity index (χ0n) is 13.9. The normalized spacial score (nSPS) is 16.6. The summed E-state index contributed by atoms with van der Waals surface area (Å²) in [6, 6.07) is 17.3. The Morgan fingerprint density at radius 1 is 1.12 bits per heavy atom. The minimum Gasteiger partial charge on any atom is -0.497 e. The summed E-state index contributed by atoms with van der Waals surface area (Å²) in [6.07, 6.45) is 3.93. The number of thioether (sulfide) groups is 1. The van der Waals surface area contributed by atoms with Crippen LogP contribution in [-0.4, -0.2) is 17.3 Å². The van der Waals surface area contributed by atoms with Crippen LogP contribution in [0.15, 0.2) is 71.2 Å². The Kier molecular flexibility index (Phi) is 5.36. The molecule has 1 heterocycles. The first-order valence-electron chi connectivity index (χ1n) is 7.74. The number of nitrogens with zero attached hydrogens (tertiary/aromatic N) is 1. The number of benzene rings is 2. The fourth-order valence-electron chi connectivity index (χ4n) is 2.48. The molecule has 0 atom stereocenters. The van der Waals surface area contributed by atoms with Crippen LogP contribution in [0.2, 0.25) is 0 Å². The monoisotopic (exact) mass is 367 g/mol. The van der Waals surface area contributed by atoms with Gasteiger partial charge in [0.05, 0.1) is 17.7 Å². The highest BCUT2D eigenvalue weighted by Gasteiger charge is 2.33. The summed E-state index contributed by atoms with van der Waals surface area (Å²) in [4.78, 5) is 14.9. The van der Waals surface area contributed by atoms with Crippen molar-refractivity contribution in [3.05, 3.63) is 76.7 Å². The molecule has 0 N–H and O–H groups in total. The Morgan fingerprint density at radius 3 is 2.44 bits per heavy atom. The van der Waals surface area contributed by atoms with Crippen molar-refractivity contribution < 1.29 is 9.53 Å². The molecule has 1 aliphatic rings. The molecule has 1 amide bonds. The van der Waals surface area contributed by atoms with E-state index in [1.54, 1.807) is 12.0 Å². The van der Waals surface area contributed by atoms with Gasteiger partial charge in [-0.3, -0.25) is 9.69 Å². The van der Waals surface area contributed by atoms with Crippen molar-refractivity contribution in [3.8, 4) is 5.75 Å². The third-order valence-electron chi connectivity index (χ3n) is 3.68. The molecule has 3 nitrogen and oxygen atoms in total. The first kappa shape index (κ1) is 17.5. The van der Waals surface area contributed by atoms with E-state index in [4.69, 9.17) is 17.0 Å². The van der Waals surface area contributed by atoms with Gasteiger partial charge in [0.1, 0.15) is 5.75 Å². The van der Waals surface area contributed by atoms with Crippen LogP contribution in [0.25, 0.3) is 6.08 Å². The number of hydrogen-bond acceptors (Lipinski definition) is 4. The summed E-state index contributed by atoms with van der Waals surface area (Å²) in [5, 5.41) is 0. The van der Waals surface area contributed by atoms with E-state index in [0.29, 0.717) is 9.23 Å². The summed E-state index contributed by atoms with van der Waals surface area (Å²) in [5.41, 5.74) is 2.85. The molecule has 126 valence electrons. The lowest BCUT2D eigenvalue weighted by molar-refractivity contribution is -0.113. The second kappa shape index (κ2) is 7.68. The van der Waals surface area contributed by atoms with Crippen LogP contribution in [-0.2, 0) is 4.79 Å². The Balaban J connectivity index is 1.84. The maximum atomic E-state index is 12.7. The van der Waals surface area contributed by atoms with Gasteiger partial charge in [0.15, 0.2) is 4.32 Å². The average Bonchev–Trinajstić information content (AvgIpc) is 2.89. The van der Waals surface area contributed by atoms with Crippen LogP contribution < -0.4 is 9.64 Å². The minimum atomic E-state index is -0.0963. The molecule has 0 aromatic heterocycles. The number of carbonyl (C=O) groups is 1. The molecule has 1 saturated heterocycles.